The Balaban J connectivity index is 1.72. The van der Waals surface area contributed by atoms with E-state index in [0.717, 1.165) is 5.56 Å². The van der Waals surface area contributed by atoms with Gasteiger partial charge in [-0.2, -0.15) is 5.10 Å². The highest BCUT2D eigenvalue weighted by Crippen LogP contribution is 2.24. The number of amides is 1. The first-order chi connectivity index (χ1) is 11.0. The van der Waals surface area contributed by atoms with E-state index in [1.807, 2.05) is 0 Å². The molecule has 0 atom stereocenters. The summed E-state index contributed by atoms with van der Waals surface area (Å²) in [6, 6.07) is 6.89. The topological polar surface area (TPSA) is 77.6 Å². The number of hydrogen-bond acceptors (Lipinski definition) is 4. The summed E-state index contributed by atoms with van der Waals surface area (Å²) in [5.74, 6) is -0.192. The third-order valence-electron chi connectivity index (χ3n) is 3.09. The van der Waals surface area contributed by atoms with Crippen molar-refractivity contribution in [1.82, 2.24) is 24.5 Å². The predicted molar refractivity (Wildman–Crippen MR) is 86.7 cm³/mol. The lowest BCUT2D eigenvalue weighted by atomic mass is 10.2. The van der Waals surface area contributed by atoms with Gasteiger partial charge >= 0.3 is 0 Å². The predicted octanol–water partition coefficient (Wildman–Crippen LogP) is 2.62. The lowest BCUT2D eigenvalue weighted by molar-refractivity contribution is 0.102. The van der Waals surface area contributed by atoms with Gasteiger partial charge in [0, 0.05) is 28.9 Å². The van der Waals surface area contributed by atoms with Crippen molar-refractivity contribution < 1.29 is 4.79 Å². The second-order valence-electron chi connectivity index (χ2n) is 4.79. The van der Waals surface area contributed by atoms with Gasteiger partial charge in [0.25, 0.3) is 5.91 Å². The number of benzene rings is 1. The van der Waals surface area contributed by atoms with E-state index >= 15 is 0 Å². The highest BCUT2D eigenvalue weighted by Gasteiger charge is 2.13. The number of nitrogens with one attached hydrogen (secondary N) is 1. The minimum atomic E-state index is -0.376. The fourth-order valence-electron chi connectivity index (χ4n) is 1.98. The van der Waals surface area contributed by atoms with Gasteiger partial charge in [-0.3, -0.25) is 14.8 Å². The Labute approximate surface area is 141 Å². The summed E-state index contributed by atoms with van der Waals surface area (Å²) in [6.45, 7) is 0.352. The molecule has 9 heteroatoms. The van der Waals surface area contributed by atoms with Crippen LogP contribution in [0.5, 0.6) is 0 Å². The minimum Gasteiger partial charge on any atom is -0.288 e. The van der Waals surface area contributed by atoms with Gasteiger partial charge in [-0.15, -0.1) is 5.10 Å². The summed E-state index contributed by atoms with van der Waals surface area (Å²) >= 11 is 12.3. The standard InChI is InChI=1S/C14H12Cl2N6O/c1-21-6-5-12(19-21)13(23)18-14-17-8-22(20-14)7-9-10(15)3-2-4-11(9)16/h2-6,8H,7H2,1H3,(H,18,20,23). The minimum absolute atomic E-state index is 0.184. The van der Waals surface area contributed by atoms with Gasteiger partial charge in [-0.05, 0) is 18.2 Å². The molecule has 3 aromatic rings. The maximum Gasteiger partial charge on any atom is 0.278 e. The summed E-state index contributed by atoms with van der Waals surface area (Å²) in [7, 11) is 1.73. The van der Waals surface area contributed by atoms with Crippen molar-refractivity contribution in [2.24, 2.45) is 7.05 Å². The molecule has 23 heavy (non-hydrogen) atoms. The number of hydrogen-bond donors (Lipinski definition) is 1. The van der Waals surface area contributed by atoms with Gasteiger partial charge in [0.2, 0.25) is 5.95 Å². The number of nitrogens with zero attached hydrogens (tertiary/aromatic N) is 5. The molecule has 7 nitrogen and oxygen atoms in total. The zero-order valence-electron chi connectivity index (χ0n) is 12.1. The summed E-state index contributed by atoms with van der Waals surface area (Å²) in [6.07, 6.45) is 3.17. The molecule has 2 aromatic heterocycles. The lowest BCUT2D eigenvalue weighted by Crippen LogP contribution is -2.14. The Morgan fingerprint density at radius 3 is 2.61 bits per heavy atom. The molecule has 0 fully saturated rings. The molecule has 0 unspecified atom stereocenters. The molecule has 0 bridgehead atoms. The number of carbonyl (C=O) groups excluding carboxylic acids is 1. The number of anilines is 1. The Morgan fingerprint density at radius 2 is 1.96 bits per heavy atom. The van der Waals surface area contributed by atoms with Crippen LogP contribution in [-0.4, -0.2) is 30.5 Å². The van der Waals surface area contributed by atoms with E-state index in [9.17, 15) is 4.79 Å². The summed E-state index contributed by atoms with van der Waals surface area (Å²) in [4.78, 5) is 16.0. The first-order valence-electron chi connectivity index (χ1n) is 6.66. The van der Waals surface area contributed by atoms with Crippen molar-refractivity contribution in [3.05, 3.63) is 58.1 Å². The first-order valence-corrected chi connectivity index (χ1v) is 7.42. The Hall–Kier alpha value is -2.38. The van der Waals surface area contributed by atoms with Crippen LogP contribution in [0.2, 0.25) is 10.0 Å². The average molecular weight is 351 g/mol. The molecule has 0 aliphatic rings. The second-order valence-corrected chi connectivity index (χ2v) is 5.61. The normalized spacial score (nSPS) is 10.7. The quantitative estimate of drug-likeness (QED) is 0.784. The molecule has 0 spiro atoms. The molecular weight excluding hydrogens is 339 g/mol. The highest BCUT2D eigenvalue weighted by atomic mass is 35.5. The van der Waals surface area contributed by atoms with Crippen molar-refractivity contribution in [2.75, 3.05) is 5.32 Å². The van der Waals surface area contributed by atoms with E-state index in [4.69, 9.17) is 23.2 Å². The molecule has 0 aliphatic carbocycles. The van der Waals surface area contributed by atoms with Crippen molar-refractivity contribution in [3.8, 4) is 0 Å². The smallest absolute Gasteiger partial charge is 0.278 e. The van der Waals surface area contributed by atoms with Gasteiger partial charge in [-0.1, -0.05) is 29.3 Å². The summed E-state index contributed by atoms with van der Waals surface area (Å²) < 4.78 is 3.08. The van der Waals surface area contributed by atoms with Crippen LogP contribution < -0.4 is 5.32 Å². The molecule has 1 aromatic carbocycles. The van der Waals surface area contributed by atoms with E-state index in [1.165, 1.54) is 6.33 Å². The average Bonchev–Trinajstić information content (AvgIpc) is 3.12. The molecular formula is C14H12Cl2N6O. The van der Waals surface area contributed by atoms with E-state index in [1.54, 1.807) is 46.9 Å². The molecule has 1 amide bonds. The van der Waals surface area contributed by atoms with Crippen molar-refractivity contribution >= 4 is 35.1 Å². The summed E-state index contributed by atoms with van der Waals surface area (Å²) in [5, 5.41) is 11.9. The number of aryl methyl sites for hydroxylation is 1. The van der Waals surface area contributed by atoms with E-state index in [0.29, 0.717) is 16.6 Å². The van der Waals surface area contributed by atoms with Crippen LogP contribution in [0.15, 0.2) is 36.8 Å². The number of rotatable bonds is 4. The zero-order valence-corrected chi connectivity index (χ0v) is 13.6. The molecule has 1 N–H and O–H groups in total. The molecule has 0 radical (unpaired) electrons. The van der Waals surface area contributed by atoms with Crippen LogP contribution in [-0.2, 0) is 13.6 Å². The Morgan fingerprint density at radius 1 is 1.22 bits per heavy atom. The van der Waals surface area contributed by atoms with Gasteiger partial charge < -0.3 is 0 Å². The monoisotopic (exact) mass is 350 g/mol. The first kappa shape index (κ1) is 15.5. The molecule has 118 valence electrons. The lowest BCUT2D eigenvalue weighted by Gasteiger charge is -2.06. The largest absolute Gasteiger partial charge is 0.288 e. The van der Waals surface area contributed by atoms with Crippen LogP contribution in [0.1, 0.15) is 16.1 Å². The van der Waals surface area contributed by atoms with Crippen LogP contribution >= 0.6 is 23.2 Å². The van der Waals surface area contributed by atoms with Gasteiger partial charge in [0.1, 0.15) is 6.33 Å². The number of halogens is 2. The maximum absolute atomic E-state index is 12.0. The fourth-order valence-corrected chi connectivity index (χ4v) is 2.49. The van der Waals surface area contributed by atoms with Crippen LogP contribution in [0.25, 0.3) is 0 Å². The van der Waals surface area contributed by atoms with Crippen molar-refractivity contribution in [2.45, 2.75) is 6.54 Å². The fraction of sp³-hybridized carbons (Fsp3) is 0.143. The molecule has 0 aliphatic heterocycles. The Kier molecular flexibility index (Phi) is 4.31. The highest BCUT2D eigenvalue weighted by molar-refractivity contribution is 6.35. The van der Waals surface area contributed by atoms with Crippen molar-refractivity contribution in [1.29, 1.82) is 0 Å². The van der Waals surface area contributed by atoms with Crippen LogP contribution in [0.4, 0.5) is 5.95 Å². The van der Waals surface area contributed by atoms with E-state index in [-0.39, 0.29) is 17.5 Å². The summed E-state index contributed by atoms with van der Waals surface area (Å²) in [5.41, 5.74) is 1.03. The van der Waals surface area contributed by atoms with Crippen LogP contribution in [0, 0.1) is 0 Å². The Bertz CT molecular complexity index is 836. The number of carbonyl (C=O) groups is 1. The maximum atomic E-state index is 12.0. The molecule has 2 heterocycles. The van der Waals surface area contributed by atoms with E-state index < -0.39 is 0 Å². The van der Waals surface area contributed by atoms with Gasteiger partial charge in [0.05, 0.1) is 6.54 Å². The molecule has 3 rings (SSSR count). The SMILES string of the molecule is Cn1ccc(C(=O)Nc2ncn(Cc3c(Cl)cccc3Cl)n2)n1. The molecule has 0 saturated carbocycles. The number of aromatic nitrogens is 5. The van der Waals surface area contributed by atoms with Gasteiger partial charge in [-0.25, -0.2) is 9.67 Å². The second kappa shape index (κ2) is 6.39. The van der Waals surface area contributed by atoms with Gasteiger partial charge in [0.15, 0.2) is 5.69 Å². The third kappa shape index (κ3) is 3.52. The van der Waals surface area contributed by atoms with E-state index in [2.05, 4.69) is 20.5 Å². The van der Waals surface area contributed by atoms with Crippen LogP contribution in [0.3, 0.4) is 0 Å². The molecule has 0 saturated heterocycles. The van der Waals surface area contributed by atoms with Crippen molar-refractivity contribution in [3.63, 3.8) is 0 Å². The zero-order chi connectivity index (χ0) is 16.4. The third-order valence-corrected chi connectivity index (χ3v) is 3.80.